The Labute approximate surface area is 168 Å². The number of hydrogen-bond donors (Lipinski definition) is 2. The van der Waals surface area contributed by atoms with Gasteiger partial charge in [0.1, 0.15) is 5.82 Å². The molecule has 0 saturated carbocycles. The van der Waals surface area contributed by atoms with E-state index in [1.165, 1.54) is 0 Å². The van der Waals surface area contributed by atoms with Crippen LogP contribution in [0.4, 0.5) is 0 Å². The SMILES string of the molecule is Cn1c(CNC(=O)CCNC(=O)c2ccc3ccccc3c2)nc2ccccc21. The summed E-state index contributed by atoms with van der Waals surface area (Å²) in [6.07, 6.45) is 0.212. The summed E-state index contributed by atoms with van der Waals surface area (Å²) in [6, 6.07) is 21.3. The largest absolute Gasteiger partial charge is 0.352 e. The van der Waals surface area contributed by atoms with E-state index in [1.54, 1.807) is 6.07 Å². The molecule has 6 heteroatoms. The molecule has 0 spiro atoms. The number of carbonyl (C=O) groups excluding carboxylic acids is 2. The molecule has 1 heterocycles. The average Bonchev–Trinajstić information content (AvgIpc) is 3.07. The van der Waals surface area contributed by atoms with Crippen LogP contribution in [-0.2, 0) is 18.4 Å². The van der Waals surface area contributed by atoms with E-state index in [0.717, 1.165) is 27.6 Å². The molecule has 0 aliphatic carbocycles. The lowest BCUT2D eigenvalue weighted by atomic mass is 10.1. The molecule has 2 amide bonds. The fraction of sp³-hybridized carbons (Fsp3) is 0.174. The zero-order valence-electron chi connectivity index (χ0n) is 16.2. The van der Waals surface area contributed by atoms with Gasteiger partial charge in [-0.15, -0.1) is 0 Å². The molecule has 146 valence electrons. The summed E-state index contributed by atoms with van der Waals surface area (Å²) in [5, 5.41) is 7.77. The van der Waals surface area contributed by atoms with Gasteiger partial charge in [0.05, 0.1) is 17.6 Å². The number of imidazole rings is 1. The highest BCUT2D eigenvalue weighted by atomic mass is 16.2. The topological polar surface area (TPSA) is 76.0 Å². The van der Waals surface area contributed by atoms with Crippen molar-refractivity contribution < 1.29 is 9.59 Å². The Morgan fingerprint density at radius 2 is 1.69 bits per heavy atom. The Balaban J connectivity index is 1.28. The molecule has 29 heavy (non-hydrogen) atoms. The van der Waals surface area contributed by atoms with Gasteiger partial charge in [0.15, 0.2) is 0 Å². The van der Waals surface area contributed by atoms with Gasteiger partial charge in [-0.25, -0.2) is 4.98 Å². The maximum absolute atomic E-state index is 12.3. The van der Waals surface area contributed by atoms with Crippen molar-refractivity contribution >= 4 is 33.6 Å². The second-order valence-corrected chi connectivity index (χ2v) is 6.92. The molecule has 0 unspecified atom stereocenters. The van der Waals surface area contributed by atoms with E-state index in [4.69, 9.17) is 0 Å². The highest BCUT2D eigenvalue weighted by Gasteiger charge is 2.10. The number of nitrogens with one attached hydrogen (secondary N) is 2. The zero-order valence-corrected chi connectivity index (χ0v) is 16.2. The van der Waals surface area contributed by atoms with Crippen molar-refractivity contribution in [2.24, 2.45) is 7.05 Å². The number of nitrogens with zero attached hydrogens (tertiary/aromatic N) is 2. The first-order chi connectivity index (χ1) is 14.1. The van der Waals surface area contributed by atoms with Crippen LogP contribution in [0.3, 0.4) is 0 Å². The molecule has 6 nitrogen and oxygen atoms in total. The number of para-hydroxylation sites is 2. The third kappa shape index (κ3) is 4.11. The van der Waals surface area contributed by atoms with E-state index in [1.807, 2.05) is 72.3 Å². The first-order valence-corrected chi connectivity index (χ1v) is 9.56. The van der Waals surface area contributed by atoms with Crippen molar-refractivity contribution in [1.29, 1.82) is 0 Å². The maximum Gasteiger partial charge on any atom is 0.251 e. The number of carbonyl (C=O) groups is 2. The molecular formula is C23H22N4O2. The summed E-state index contributed by atoms with van der Waals surface area (Å²) < 4.78 is 1.97. The first kappa shape index (κ1) is 18.7. The van der Waals surface area contributed by atoms with Crippen LogP contribution in [-0.4, -0.2) is 27.9 Å². The average molecular weight is 386 g/mol. The number of rotatable bonds is 6. The van der Waals surface area contributed by atoms with Crippen LogP contribution in [0, 0.1) is 0 Å². The van der Waals surface area contributed by atoms with Gasteiger partial charge in [-0.3, -0.25) is 9.59 Å². The van der Waals surface area contributed by atoms with E-state index in [9.17, 15) is 9.59 Å². The maximum atomic E-state index is 12.3. The van der Waals surface area contributed by atoms with Crippen molar-refractivity contribution in [1.82, 2.24) is 20.2 Å². The number of aryl methyl sites for hydroxylation is 1. The number of benzene rings is 3. The van der Waals surface area contributed by atoms with Gasteiger partial charge in [0.2, 0.25) is 5.91 Å². The molecule has 4 aromatic rings. The predicted molar refractivity (Wildman–Crippen MR) is 113 cm³/mol. The van der Waals surface area contributed by atoms with Crippen molar-refractivity contribution in [3.8, 4) is 0 Å². The third-order valence-electron chi connectivity index (χ3n) is 4.97. The summed E-state index contributed by atoms with van der Waals surface area (Å²) in [7, 11) is 1.93. The molecule has 0 atom stereocenters. The summed E-state index contributed by atoms with van der Waals surface area (Å²) in [6.45, 7) is 0.628. The van der Waals surface area contributed by atoms with Crippen molar-refractivity contribution in [3.63, 3.8) is 0 Å². The minimum atomic E-state index is -0.182. The molecule has 0 bridgehead atoms. The van der Waals surface area contributed by atoms with E-state index in [-0.39, 0.29) is 24.8 Å². The second kappa shape index (κ2) is 8.14. The Kier molecular flexibility index (Phi) is 5.24. The fourth-order valence-corrected chi connectivity index (χ4v) is 3.34. The van der Waals surface area contributed by atoms with E-state index >= 15 is 0 Å². The molecular weight excluding hydrogens is 364 g/mol. The van der Waals surface area contributed by atoms with Crippen LogP contribution < -0.4 is 10.6 Å². The van der Waals surface area contributed by atoms with Gasteiger partial charge >= 0.3 is 0 Å². The van der Waals surface area contributed by atoms with Gasteiger partial charge in [-0.05, 0) is 35.0 Å². The summed E-state index contributed by atoms with van der Waals surface area (Å²) in [5.41, 5.74) is 2.52. The summed E-state index contributed by atoms with van der Waals surface area (Å²) in [5.74, 6) is 0.481. The molecule has 0 aliphatic rings. The molecule has 0 fully saturated rings. The molecule has 3 aromatic carbocycles. The lowest BCUT2D eigenvalue weighted by Crippen LogP contribution is -2.31. The van der Waals surface area contributed by atoms with E-state index < -0.39 is 0 Å². The molecule has 0 saturated heterocycles. The molecule has 2 N–H and O–H groups in total. The van der Waals surface area contributed by atoms with Gasteiger partial charge in [0, 0.05) is 25.6 Å². The number of aromatic nitrogens is 2. The Morgan fingerprint density at radius 1 is 0.931 bits per heavy atom. The Morgan fingerprint density at radius 3 is 2.52 bits per heavy atom. The van der Waals surface area contributed by atoms with Crippen LogP contribution in [0.15, 0.2) is 66.7 Å². The predicted octanol–water partition coefficient (Wildman–Crippen LogP) is 3.16. The van der Waals surface area contributed by atoms with Crippen LogP contribution in [0.5, 0.6) is 0 Å². The second-order valence-electron chi connectivity index (χ2n) is 6.92. The minimum Gasteiger partial charge on any atom is -0.352 e. The lowest BCUT2D eigenvalue weighted by Gasteiger charge is -2.08. The standard InChI is InChI=1S/C23H22N4O2/c1-27-20-9-5-4-8-19(20)26-21(27)15-25-22(28)12-13-24-23(29)18-11-10-16-6-2-3-7-17(16)14-18/h2-11,14H,12-13,15H2,1H3,(H,24,29)(H,25,28). The normalized spacial score (nSPS) is 10.9. The molecule has 0 aliphatic heterocycles. The Hall–Kier alpha value is -3.67. The summed E-state index contributed by atoms with van der Waals surface area (Å²) >= 11 is 0. The van der Waals surface area contributed by atoms with Crippen molar-refractivity contribution in [3.05, 3.63) is 78.1 Å². The van der Waals surface area contributed by atoms with Gasteiger partial charge in [-0.1, -0.05) is 42.5 Å². The summed E-state index contributed by atoms with van der Waals surface area (Å²) in [4.78, 5) is 29.0. The van der Waals surface area contributed by atoms with Crippen LogP contribution >= 0.6 is 0 Å². The van der Waals surface area contributed by atoms with E-state index in [2.05, 4.69) is 15.6 Å². The highest BCUT2D eigenvalue weighted by Crippen LogP contribution is 2.16. The quantitative estimate of drug-likeness (QED) is 0.534. The first-order valence-electron chi connectivity index (χ1n) is 9.56. The van der Waals surface area contributed by atoms with Gasteiger partial charge in [0.25, 0.3) is 5.91 Å². The smallest absolute Gasteiger partial charge is 0.251 e. The molecule has 0 radical (unpaired) electrons. The number of hydrogen-bond acceptors (Lipinski definition) is 3. The Bertz CT molecular complexity index is 1200. The van der Waals surface area contributed by atoms with Crippen molar-refractivity contribution in [2.45, 2.75) is 13.0 Å². The lowest BCUT2D eigenvalue weighted by molar-refractivity contribution is -0.121. The van der Waals surface area contributed by atoms with Crippen LogP contribution in [0.25, 0.3) is 21.8 Å². The monoisotopic (exact) mass is 386 g/mol. The van der Waals surface area contributed by atoms with Gasteiger partial charge < -0.3 is 15.2 Å². The number of amides is 2. The van der Waals surface area contributed by atoms with Gasteiger partial charge in [-0.2, -0.15) is 0 Å². The zero-order chi connectivity index (χ0) is 20.2. The van der Waals surface area contributed by atoms with Crippen LogP contribution in [0.2, 0.25) is 0 Å². The molecule has 4 rings (SSSR count). The fourth-order valence-electron chi connectivity index (χ4n) is 3.34. The van der Waals surface area contributed by atoms with Crippen molar-refractivity contribution in [2.75, 3.05) is 6.54 Å². The number of fused-ring (bicyclic) bond motifs is 2. The van der Waals surface area contributed by atoms with Crippen LogP contribution in [0.1, 0.15) is 22.6 Å². The minimum absolute atomic E-state index is 0.129. The molecule has 1 aromatic heterocycles. The third-order valence-corrected chi connectivity index (χ3v) is 4.97. The highest BCUT2D eigenvalue weighted by molar-refractivity contribution is 5.98. The van der Waals surface area contributed by atoms with E-state index in [0.29, 0.717) is 12.1 Å².